The van der Waals surface area contributed by atoms with Crippen LogP contribution >= 0.6 is 0 Å². The summed E-state index contributed by atoms with van der Waals surface area (Å²) >= 11 is 0. The fraction of sp³-hybridized carbons (Fsp3) is 0.500. The molecule has 1 aromatic heterocycles. The van der Waals surface area contributed by atoms with Gasteiger partial charge >= 0.3 is 0 Å². The monoisotopic (exact) mass is 216 g/mol. The second-order valence-electron chi connectivity index (χ2n) is 4.01. The summed E-state index contributed by atoms with van der Waals surface area (Å²) in [4.78, 5) is 6.49. The Hall–Kier alpha value is -1.44. The van der Waals surface area contributed by atoms with Crippen LogP contribution in [0.1, 0.15) is 24.2 Å². The van der Waals surface area contributed by atoms with Crippen molar-refractivity contribution in [3.8, 4) is 6.07 Å². The minimum atomic E-state index is 0.269. The average molecular weight is 216 g/mol. The molecule has 0 spiro atoms. The maximum absolute atomic E-state index is 9.02. The van der Waals surface area contributed by atoms with E-state index in [1.807, 2.05) is 12.1 Å². The third-order valence-corrected chi connectivity index (χ3v) is 3.09. The van der Waals surface area contributed by atoms with E-state index in [1.165, 1.54) is 0 Å². The fourth-order valence-electron chi connectivity index (χ4n) is 2.11. The van der Waals surface area contributed by atoms with Crippen molar-refractivity contribution in [1.82, 2.24) is 15.2 Å². The number of nitrogens with zero attached hydrogens (tertiary/aromatic N) is 3. The molecule has 1 aliphatic rings. The molecular weight excluding hydrogens is 200 g/mol. The molecule has 0 aromatic carbocycles. The van der Waals surface area contributed by atoms with Gasteiger partial charge in [-0.1, -0.05) is 6.07 Å². The maximum atomic E-state index is 9.02. The Bertz CT molecular complexity index is 390. The van der Waals surface area contributed by atoms with Crippen molar-refractivity contribution in [2.45, 2.75) is 13.0 Å². The van der Waals surface area contributed by atoms with Crippen molar-refractivity contribution in [3.05, 3.63) is 29.6 Å². The smallest absolute Gasteiger partial charge is 0.145 e. The van der Waals surface area contributed by atoms with Crippen LogP contribution in [0.25, 0.3) is 0 Å². The van der Waals surface area contributed by atoms with Gasteiger partial charge in [0, 0.05) is 44.0 Å². The van der Waals surface area contributed by atoms with Gasteiger partial charge in [-0.2, -0.15) is 5.26 Å². The van der Waals surface area contributed by atoms with Gasteiger partial charge in [-0.25, -0.2) is 4.98 Å². The number of rotatable bonds is 2. The molecule has 16 heavy (non-hydrogen) atoms. The summed E-state index contributed by atoms with van der Waals surface area (Å²) in [5.74, 6) is 0. The van der Waals surface area contributed by atoms with Gasteiger partial charge in [0.25, 0.3) is 0 Å². The Morgan fingerprint density at radius 1 is 1.50 bits per heavy atom. The van der Waals surface area contributed by atoms with Crippen LogP contribution in [0.2, 0.25) is 0 Å². The van der Waals surface area contributed by atoms with E-state index in [2.05, 4.69) is 28.2 Å². The summed E-state index contributed by atoms with van der Waals surface area (Å²) in [6.45, 7) is 6.24. The normalized spacial score (nSPS) is 19.0. The van der Waals surface area contributed by atoms with Crippen LogP contribution in [-0.2, 0) is 0 Å². The number of piperazine rings is 1. The lowest BCUT2D eigenvalue weighted by Crippen LogP contribution is -2.44. The lowest BCUT2D eigenvalue weighted by Gasteiger charge is -2.33. The summed E-state index contributed by atoms with van der Waals surface area (Å²) in [7, 11) is 0. The molecular formula is C12H16N4. The van der Waals surface area contributed by atoms with Gasteiger partial charge in [0.15, 0.2) is 0 Å². The van der Waals surface area contributed by atoms with Gasteiger partial charge in [-0.15, -0.1) is 0 Å². The summed E-state index contributed by atoms with van der Waals surface area (Å²) < 4.78 is 0. The summed E-state index contributed by atoms with van der Waals surface area (Å²) in [5.41, 5.74) is 1.58. The molecule has 4 nitrogen and oxygen atoms in total. The van der Waals surface area contributed by atoms with Crippen LogP contribution < -0.4 is 5.32 Å². The molecule has 1 aliphatic heterocycles. The largest absolute Gasteiger partial charge is 0.314 e. The van der Waals surface area contributed by atoms with Crippen LogP contribution in [-0.4, -0.2) is 36.1 Å². The van der Waals surface area contributed by atoms with E-state index in [0.29, 0.717) is 5.69 Å². The molecule has 4 heteroatoms. The Labute approximate surface area is 95.9 Å². The predicted octanol–water partition coefficient (Wildman–Crippen LogP) is 0.919. The second-order valence-corrected chi connectivity index (χ2v) is 4.01. The van der Waals surface area contributed by atoms with Crippen LogP contribution in [0.4, 0.5) is 0 Å². The number of pyridine rings is 1. The molecule has 0 amide bonds. The average Bonchev–Trinajstić information content (AvgIpc) is 2.39. The van der Waals surface area contributed by atoms with Crippen LogP contribution in [0, 0.1) is 11.3 Å². The summed E-state index contributed by atoms with van der Waals surface area (Å²) in [6, 6.07) is 6.33. The van der Waals surface area contributed by atoms with Gasteiger partial charge < -0.3 is 5.32 Å². The minimum absolute atomic E-state index is 0.269. The molecule has 0 radical (unpaired) electrons. The Balaban J connectivity index is 2.19. The zero-order valence-corrected chi connectivity index (χ0v) is 9.48. The van der Waals surface area contributed by atoms with Crippen molar-refractivity contribution >= 4 is 0 Å². The first kappa shape index (κ1) is 11.1. The standard InChI is InChI=1S/C12H16N4/c1-10(16-7-5-14-6-8-16)11-3-2-4-15-12(11)9-13/h2-4,10,14H,5-8H2,1H3. The van der Waals surface area contributed by atoms with E-state index in [4.69, 9.17) is 5.26 Å². The SMILES string of the molecule is CC(c1cccnc1C#N)N1CCNCC1. The molecule has 1 N–H and O–H groups in total. The Morgan fingerprint density at radius 3 is 2.94 bits per heavy atom. The summed E-state index contributed by atoms with van der Waals surface area (Å²) in [6.07, 6.45) is 1.67. The molecule has 1 unspecified atom stereocenters. The molecule has 2 rings (SSSR count). The highest BCUT2D eigenvalue weighted by atomic mass is 15.2. The van der Waals surface area contributed by atoms with Crippen molar-refractivity contribution in [2.24, 2.45) is 0 Å². The number of nitrogens with one attached hydrogen (secondary N) is 1. The molecule has 0 saturated carbocycles. The topological polar surface area (TPSA) is 52.0 Å². The molecule has 84 valence electrons. The van der Waals surface area contributed by atoms with Crippen molar-refractivity contribution < 1.29 is 0 Å². The number of hydrogen-bond acceptors (Lipinski definition) is 4. The van der Waals surface area contributed by atoms with E-state index in [1.54, 1.807) is 6.20 Å². The third-order valence-electron chi connectivity index (χ3n) is 3.09. The quantitative estimate of drug-likeness (QED) is 0.798. The third kappa shape index (κ3) is 2.21. The number of hydrogen-bond donors (Lipinski definition) is 1. The highest BCUT2D eigenvalue weighted by Gasteiger charge is 2.20. The molecule has 0 aliphatic carbocycles. The van der Waals surface area contributed by atoms with E-state index >= 15 is 0 Å². The number of nitriles is 1. The molecule has 1 saturated heterocycles. The van der Waals surface area contributed by atoms with Gasteiger partial charge in [-0.05, 0) is 13.0 Å². The van der Waals surface area contributed by atoms with E-state index < -0.39 is 0 Å². The molecule has 1 atom stereocenters. The first-order valence-corrected chi connectivity index (χ1v) is 5.62. The zero-order chi connectivity index (χ0) is 11.4. The van der Waals surface area contributed by atoms with Gasteiger partial charge in [0.2, 0.25) is 0 Å². The summed E-state index contributed by atoms with van der Waals surface area (Å²) in [5, 5.41) is 12.3. The van der Waals surface area contributed by atoms with Crippen LogP contribution in [0.5, 0.6) is 0 Å². The van der Waals surface area contributed by atoms with Crippen molar-refractivity contribution in [3.63, 3.8) is 0 Å². The fourth-order valence-corrected chi connectivity index (χ4v) is 2.11. The first-order valence-electron chi connectivity index (χ1n) is 5.62. The van der Waals surface area contributed by atoms with E-state index in [-0.39, 0.29) is 6.04 Å². The van der Waals surface area contributed by atoms with Crippen LogP contribution in [0.3, 0.4) is 0 Å². The van der Waals surface area contributed by atoms with Gasteiger partial charge in [0.05, 0.1) is 0 Å². The van der Waals surface area contributed by atoms with Crippen molar-refractivity contribution in [2.75, 3.05) is 26.2 Å². The van der Waals surface area contributed by atoms with E-state index in [0.717, 1.165) is 31.7 Å². The maximum Gasteiger partial charge on any atom is 0.145 e. The molecule has 1 aromatic rings. The van der Waals surface area contributed by atoms with Crippen molar-refractivity contribution in [1.29, 1.82) is 5.26 Å². The minimum Gasteiger partial charge on any atom is -0.314 e. The van der Waals surface area contributed by atoms with E-state index in [9.17, 15) is 0 Å². The lowest BCUT2D eigenvalue weighted by atomic mass is 10.0. The number of aromatic nitrogens is 1. The van der Waals surface area contributed by atoms with Gasteiger partial charge in [0.1, 0.15) is 11.8 Å². The second kappa shape index (κ2) is 5.06. The molecule has 1 fully saturated rings. The Morgan fingerprint density at radius 2 is 2.25 bits per heavy atom. The highest BCUT2D eigenvalue weighted by Crippen LogP contribution is 2.22. The molecule has 0 bridgehead atoms. The first-order chi connectivity index (χ1) is 7.83. The zero-order valence-electron chi connectivity index (χ0n) is 9.48. The highest BCUT2D eigenvalue weighted by molar-refractivity contribution is 5.32. The van der Waals surface area contributed by atoms with Gasteiger partial charge in [-0.3, -0.25) is 4.90 Å². The van der Waals surface area contributed by atoms with Crippen LogP contribution in [0.15, 0.2) is 18.3 Å². The predicted molar refractivity (Wildman–Crippen MR) is 61.8 cm³/mol. The Kier molecular flexibility index (Phi) is 3.50. The molecule has 2 heterocycles. The lowest BCUT2D eigenvalue weighted by molar-refractivity contribution is 0.185.